The van der Waals surface area contributed by atoms with E-state index in [1.54, 1.807) is 6.92 Å². The standard InChI is InChI=1S/C3H10NO3P/c1-3-8(5,6-2)7-4/h3-4H2,1-2H3. The Labute approximate surface area is 48.5 Å². The molecule has 0 aliphatic rings. The summed E-state index contributed by atoms with van der Waals surface area (Å²) in [5.74, 6) is 4.64. The van der Waals surface area contributed by atoms with Gasteiger partial charge in [0.15, 0.2) is 0 Å². The van der Waals surface area contributed by atoms with Crippen LogP contribution >= 0.6 is 7.60 Å². The van der Waals surface area contributed by atoms with Crippen LogP contribution in [0.2, 0.25) is 0 Å². The zero-order chi connectivity index (χ0) is 6.62. The summed E-state index contributed by atoms with van der Waals surface area (Å²) >= 11 is 0. The first-order valence-electron chi connectivity index (χ1n) is 2.22. The van der Waals surface area contributed by atoms with Crippen molar-refractivity contribution in [2.45, 2.75) is 6.92 Å². The van der Waals surface area contributed by atoms with E-state index < -0.39 is 7.60 Å². The maximum Gasteiger partial charge on any atom is 0.346 e. The summed E-state index contributed by atoms with van der Waals surface area (Å²) in [7, 11) is -1.58. The normalized spacial score (nSPS) is 17.9. The molecule has 0 heterocycles. The lowest BCUT2D eigenvalue weighted by Gasteiger charge is -2.07. The van der Waals surface area contributed by atoms with Gasteiger partial charge in [0.2, 0.25) is 0 Å². The molecule has 0 aliphatic carbocycles. The van der Waals surface area contributed by atoms with Crippen LogP contribution in [0.25, 0.3) is 0 Å². The highest BCUT2D eigenvalue weighted by molar-refractivity contribution is 7.53. The van der Waals surface area contributed by atoms with Crippen molar-refractivity contribution in [3.63, 3.8) is 0 Å². The minimum absolute atomic E-state index is 0.306. The van der Waals surface area contributed by atoms with Gasteiger partial charge in [0.1, 0.15) is 0 Å². The van der Waals surface area contributed by atoms with E-state index in [0.29, 0.717) is 6.16 Å². The average molecular weight is 139 g/mol. The first kappa shape index (κ1) is 8.11. The molecule has 0 spiro atoms. The third kappa shape index (κ3) is 1.92. The van der Waals surface area contributed by atoms with Gasteiger partial charge in [0, 0.05) is 13.3 Å². The van der Waals surface area contributed by atoms with Crippen molar-refractivity contribution in [3.05, 3.63) is 0 Å². The Hall–Kier alpha value is 0.110. The van der Waals surface area contributed by atoms with Crippen molar-refractivity contribution in [2.75, 3.05) is 13.3 Å². The fourth-order valence-electron chi connectivity index (χ4n) is 0.247. The fraction of sp³-hybridized carbons (Fsp3) is 1.00. The van der Waals surface area contributed by atoms with E-state index in [0.717, 1.165) is 0 Å². The highest BCUT2D eigenvalue weighted by Gasteiger charge is 2.17. The fourth-order valence-corrected chi connectivity index (χ4v) is 0.740. The van der Waals surface area contributed by atoms with Crippen LogP contribution in [0.4, 0.5) is 0 Å². The molecule has 0 bridgehead atoms. The molecule has 0 aliphatic heterocycles. The zero-order valence-electron chi connectivity index (χ0n) is 4.96. The lowest BCUT2D eigenvalue weighted by Crippen LogP contribution is -2.00. The van der Waals surface area contributed by atoms with Crippen LogP contribution in [-0.2, 0) is 13.7 Å². The third-order valence-corrected chi connectivity index (χ3v) is 2.48. The summed E-state index contributed by atoms with van der Waals surface area (Å²) in [6.45, 7) is 1.68. The molecule has 50 valence electrons. The quantitative estimate of drug-likeness (QED) is 0.462. The first-order chi connectivity index (χ1) is 3.68. The van der Waals surface area contributed by atoms with Gasteiger partial charge in [0.05, 0.1) is 0 Å². The van der Waals surface area contributed by atoms with E-state index in [1.165, 1.54) is 7.11 Å². The van der Waals surface area contributed by atoms with E-state index in [1.807, 2.05) is 0 Å². The molecule has 0 saturated heterocycles. The maximum absolute atomic E-state index is 10.8. The van der Waals surface area contributed by atoms with Gasteiger partial charge < -0.3 is 4.52 Å². The largest absolute Gasteiger partial charge is 0.346 e. The Balaban J connectivity index is 3.79. The topological polar surface area (TPSA) is 61.5 Å². The number of rotatable bonds is 3. The zero-order valence-corrected chi connectivity index (χ0v) is 5.85. The Morgan fingerprint density at radius 2 is 2.25 bits per heavy atom. The van der Waals surface area contributed by atoms with Crippen LogP contribution in [-0.4, -0.2) is 13.3 Å². The summed E-state index contributed by atoms with van der Waals surface area (Å²) in [5.41, 5.74) is 0. The first-order valence-corrected chi connectivity index (χ1v) is 3.94. The van der Waals surface area contributed by atoms with E-state index >= 15 is 0 Å². The van der Waals surface area contributed by atoms with Gasteiger partial charge in [-0.2, -0.15) is 0 Å². The van der Waals surface area contributed by atoms with E-state index in [-0.39, 0.29) is 0 Å². The molecule has 0 amide bonds. The molecular formula is C3H10NO3P. The molecular weight excluding hydrogens is 129 g/mol. The van der Waals surface area contributed by atoms with Gasteiger partial charge in [-0.15, -0.1) is 0 Å². The Kier molecular flexibility index (Phi) is 3.24. The maximum atomic E-state index is 10.8. The minimum Gasteiger partial charge on any atom is -0.311 e. The molecule has 0 rings (SSSR count). The lowest BCUT2D eigenvalue weighted by atomic mass is 11.0. The van der Waals surface area contributed by atoms with Gasteiger partial charge in [-0.05, 0) is 0 Å². The van der Waals surface area contributed by atoms with Crippen molar-refractivity contribution in [2.24, 2.45) is 5.90 Å². The van der Waals surface area contributed by atoms with Crippen LogP contribution in [0, 0.1) is 0 Å². The second-order valence-corrected chi connectivity index (χ2v) is 3.65. The number of hydrogen-bond acceptors (Lipinski definition) is 4. The molecule has 1 unspecified atom stereocenters. The van der Waals surface area contributed by atoms with Crippen molar-refractivity contribution in [1.29, 1.82) is 0 Å². The van der Waals surface area contributed by atoms with Gasteiger partial charge in [0.25, 0.3) is 0 Å². The molecule has 0 aromatic carbocycles. The molecule has 0 fully saturated rings. The van der Waals surface area contributed by atoms with E-state index in [4.69, 9.17) is 0 Å². The molecule has 4 nitrogen and oxygen atoms in total. The van der Waals surface area contributed by atoms with Crippen molar-refractivity contribution in [1.82, 2.24) is 0 Å². The Bertz CT molecular complexity index is 85.7. The van der Waals surface area contributed by atoms with E-state index in [9.17, 15) is 4.57 Å². The highest BCUT2D eigenvalue weighted by atomic mass is 31.2. The number of nitrogens with two attached hydrogens (primary N) is 1. The average Bonchev–Trinajstić information content (AvgIpc) is 1.87. The third-order valence-electron chi connectivity index (χ3n) is 0.826. The molecule has 0 aromatic heterocycles. The second kappa shape index (κ2) is 3.20. The lowest BCUT2D eigenvalue weighted by molar-refractivity contribution is 0.240. The number of hydrogen-bond donors (Lipinski definition) is 1. The van der Waals surface area contributed by atoms with Crippen LogP contribution < -0.4 is 5.90 Å². The summed E-state index contributed by atoms with van der Waals surface area (Å²) in [6.07, 6.45) is 0.306. The smallest absolute Gasteiger partial charge is 0.311 e. The van der Waals surface area contributed by atoms with Gasteiger partial charge in [-0.25, -0.2) is 10.5 Å². The predicted molar refractivity (Wildman–Crippen MR) is 30.4 cm³/mol. The second-order valence-electron chi connectivity index (χ2n) is 1.22. The molecule has 0 saturated carbocycles. The van der Waals surface area contributed by atoms with Crippen molar-refractivity contribution in [3.8, 4) is 0 Å². The molecule has 8 heavy (non-hydrogen) atoms. The van der Waals surface area contributed by atoms with Crippen LogP contribution in [0.3, 0.4) is 0 Å². The van der Waals surface area contributed by atoms with Gasteiger partial charge in [-0.1, -0.05) is 6.92 Å². The highest BCUT2D eigenvalue weighted by Crippen LogP contribution is 2.44. The SMILES string of the molecule is CCP(=O)(OC)ON. The summed E-state index contributed by atoms with van der Waals surface area (Å²) < 4.78 is 19.3. The van der Waals surface area contributed by atoms with Gasteiger partial charge in [-0.3, -0.25) is 4.57 Å². The van der Waals surface area contributed by atoms with Crippen LogP contribution in [0.15, 0.2) is 0 Å². The molecule has 2 N–H and O–H groups in total. The Morgan fingerprint density at radius 1 is 1.75 bits per heavy atom. The summed E-state index contributed by atoms with van der Waals surface area (Å²) in [4.78, 5) is 0. The summed E-state index contributed by atoms with van der Waals surface area (Å²) in [5, 5.41) is 0. The van der Waals surface area contributed by atoms with Gasteiger partial charge >= 0.3 is 7.60 Å². The monoisotopic (exact) mass is 139 g/mol. The molecule has 5 heteroatoms. The molecule has 0 radical (unpaired) electrons. The molecule has 1 atom stereocenters. The van der Waals surface area contributed by atoms with Crippen LogP contribution in [0.5, 0.6) is 0 Å². The van der Waals surface area contributed by atoms with Crippen molar-refractivity contribution < 1.29 is 13.7 Å². The minimum atomic E-state index is -2.88. The van der Waals surface area contributed by atoms with Crippen molar-refractivity contribution >= 4 is 7.60 Å². The van der Waals surface area contributed by atoms with E-state index in [2.05, 4.69) is 15.0 Å². The molecule has 0 aromatic rings. The Morgan fingerprint density at radius 3 is 2.25 bits per heavy atom. The summed E-state index contributed by atoms with van der Waals surface area (Å²) in [6, 6.07) is 0. The van der Waals surface area contributed by atoms with Crippen LogP contribution in [0.1, 0.15) is 6.92 Å². The predicted octanol–water partition coefficient (Wildman–Crippen LogP) is 0.736.